The number of carboxylic acids is 1. The number of rotatable bonds is 5. The number of aliphatic hydroxyl groups excluding tert-OH is 1. The SMILES string of the molecule is O=C(O)[C@H](CCO)NC(=O)[C@H]1CCCN1. The Morgan fingerprint density at radius 1 is 1.53 bits per heavy atom. The molecule has 0 radical (unpaired) electrons. The van der Waals surface area contributed by atoms with Crippen LogP contribution in [-0.2, 0) is 9.59 Å². The van der Waals surface area contributed by atoms with Crippen molar-refractivity contribution in [2.75, 3.05) is 13.2 Å². The molecular formula is C9H16N2O4. The van der Waals surface area contributed by atoms with Gasteiger partial charge in [0.2, 0.25) is 5.91 Å². The molecule has 86 valence electrons. The summed E-state index contributed by atoms with van der Waals surface area (Å²) in [6.45, 7) is 0.533. The number of carbonyl (C=O) groups excluding carboxylic acids is 1. The Kier molecular flexibility index (Phi) is 4.51. The maximum Gasteiger partial charge on any atom is 0.326 e. The third-order valence-electron chi connectivity index (χ3n) is 2.41. The van der Waals surface area contributed by atoms with E-state index in [1.165, 1.54) is 0 Å². The van der Waals surface area contributed by atoms with Crippen LogP contribution in [0.25, 0.3) is 0 Å². The van der Waals surface area contributed by atoms with Crippen LogP contribution in [0.5, 0.6) is 0 Å². The summed E-state index contributed by atoms with van der Waals surface area (Å²) in [5.74, 6) is -1.41. The minimum atomic E-state index is -1.12. The first-order valence-corrected chi connectivity index (χ1v) is 5.02. The van der Waals surface area contributed by atoms with Crippen molar-refractivity contribution in [1.29, 1.82) is 0 Å². The summed E-state index contributed by atoms with van der Waals surface area (Å²) in [5, 5.41) is 22.8. The van der Waals surface area contributed by atoms with Gasteiger partial charge >= 0.3 is 5.97 Å². The first-order chi connectivity index (χ1) is 7.15. The van der Waals surface area contributed by atoms with E-state index in [1.807, 2.05) is 0 Å². The maximum atomic E-state index is 11.5. The number of hydrogen-bond acceptors (Lipinski definition) is 4. The molecule has 15 heavy (non-hydrogen) atoms. The zero-order valence-corrected chi connectivity index (χ0v) is 8.40. The van der Waals surface area contributed by atoms with E-state index in [4.69, 9.17) is 10.2 Å². The fourth-order valence-electron chi connectivity index (χ4n) is 1.57. The second kappa shape index (κ2) is 5.67. The lowest BCUT2D eigenvalue weighted by atomic mass is 10.1. The Bertz CT molecular complexity index is 238. The van der Waals surface area contributed by atoms with Crippen molar-refractivity contribution < 1.29 is 19.8 Å². The lowest BCUT2D eigenvalue weighted by Crippen LogP contribution is -2.48. The molecule has 1 heterocycles. The Morgan fingerprint density at radius 2 is 2.27 bits per heavy atom. The third kappa shape index (κ3) is 3.49. The van der Waals surface area contributed by atoms with Crippen molar-refractivity contribution in [1.82, 2.24) is 10.6 Å². The van der Waals surface area contributed by atoms with Gasteiger partial charge in [0.05, 0.1) is 6.04 Å². The highest BCUT2D eigenvalue weighted by molar-refractivity contribution is 5.87. The summed E-state index contributed by atoms with van der Waals surface area (Å²) in [6.07, 6.45) is 1.70. The minimum Gasteiger partial charge on any atom is -0.480 e. The standard InChI is InChI=1S/C9H16N2O4/c12-5-3-7(9(14)15)11-8(13)6-2-1-4-10-6/h6-7,10,12H,1-5H2,(H,11,13)(H,14,15)/t6-,7+/m1/s1. The van der Waals surface area contributed by atoms with Gasteiger partial charge in [-0.2, -0.15) is 0 Å². The molecular weight excluding hydrogens is 200 g/mol. The molecule has 1 aliphatic heterocycles. The zero-order valence-electron chi connectivity index (χ0n) is 8.40. The topological polar surface area (TPSA) is 98.7 Å². The van der Waals surface area contributed by atoms with E-state index in [0.717, 1.165) is 19.4 Å². The first kappa shape index (κ1) is 11.9. The molecule has 4 N–H and O–H groups in total. The van der Waals surface area contributed by atoms with Crippen molar-refractivity contribution in [3.63, 3.8) is 0 Å². The van der Waals surface area contributed by atoms with Crippen LogP contribution >= 0.6 is 0 Å². The van der Waals surface area contributed by atoms with Gasteiger partial charge in [-0.3, -0.25) is 4.79 Å². The van der Waals surface area contributed by atoms with Crippen LogP contribution in [-0.4, -0.2) is 47.3 Å². The third-order valence-corrected chi connectivity index (χ3v) is 2.41. The number of carbonyl (C=O) groups is 2. The summed E-state index contributed by atoms with van der Waals surface area (Å²) in [6, 6.07) is -1.28. The molecule has 1 fully saturated rings. The number of hydrogen-bond donors (Lipinski definition) is 4. The number of carboxylic acid groups (broad SMARTS) is 1. The van der Waals surface area contributed by atoms with Crippen LogP contribution < -0.4 is 10.6 Å². The van der Waals surface area contributed by atoms with Gasteiger partial charge in [0.1, 0.15) is 6.04 Å². The van der Waals surface area contributed by atoms with Gasteiger partial charge in [0.25, 0.3) is 0 Å². The highest BCUT2D eigenvalue weighted by Crippen LogP contribution is 2.05. The lowest BCUT2D eigenvalue weighted by molar-refractivity contribution is -0.142. The van der Waals surface area contributed by atoms with Crippen molar-refractivity contribution in [2.45, 2.75) is 31.3 Å². The molecule has 0 unspecified atom stereocenters. The van der Waals surface area contributed by atoms with Crippen molar-refractivity contribution in [3.05, 3.63) is 0 Å². The van der Waals surface area contributed by atoms with Crippen molar-refractivity contribution >= 4 is 11.9 Å². The molecule has 0 bridgehead atoms. The predicted molar refractivity (Wildman–Crippen MR) is 52.3 cm³/mol. The van der Waals surface area contributed by atoms with E-state index < -0.39 is 12.0 Å². The van der Waals surface area contributed by atoms with Crippen LogP contribution in [0.4, 0.5) is 0 Å². The number of amides is 1. The van der Waals surface area contributed by atoms with Crippen LogP contribution in [0, 0.1) is 0 Å². The van der Waals surface area contributed by atoms with Gasteiger partial charge in [-0.1, -0.05) is 0 Å². The van der Waals surface area contributed by atoms with Gasteiger partial charge in [-0.25, -0.2) is 4.79 Å². The smallest absolute Gasteiger partial charge is 0.326 e. The summed E-state index contributed by atoms with van der Waals surface area (Å²) >= 11 is 0. The normalized spacial score (nSPS) is 22.3. The fraction of sp³-hybridized carbons (Fsp3) is 0.778. The van der Waals surface area contributed by atoms with Crippen LogP contribution in [0.3, 0.4) is 0 Å². The Morgan fingerprint density at radius 3 is 2.73 bits per heavy atom. The number of aliphatic carboxylic acids is 1. The quantitative estimate of drug-likeness (QED) is 0.457. The van der Waals surface area contributed by atoms with Crippen LogP contribution in [0.2, 0.25) is 0 Å². The van der Waals surface area contributed by atoms with E-state index in [2.05, 4.69) is 10.6 Å². The zero-order chi connectivity index (χ0) is 11.3. The Labute approximate surface area is 87.7 Å². The highest BCUT2D eigenvalue weighted by Gasteiger charge is 2.26. The van der Waals surface area contributed by atoms with Gasteiger partial charge in [-0.05, 0) is 19.4 Å². The average molecular weight is 216 g/mol. The van der Waals surface area contributed by atoms with Crippen LogP contribution in [0.1, 0.15) is 19.3 Å². The molecule has 0 aromatic carbocycles. The molecule has 0 aromatic rings. The summed E-state index contributed by atoms with van der Waals surface area (Å²) in [5.41, 5.74) is 0. The Hall–Kier alpha value is -1.14. The van der Waals surface area contributed by atoms with Gasteiger partial charge in [0, 0.05) is 13.0 Å². The molecule has 6 heteroatoms. The number of nitrogens with one attached hydrogen (secondary N) is 2. The maximum absolute atomic E-state index is 11.5. The molecule has 0 aromatic heterocycles. The molecule has 0 saturated carbocycles. The minimum absolute atomic E-state index is 0.0355. The number of aliphatic hydroxyl groups is 1. The van der Waals surface area contributed by atoms with E-state index in [1.54, 1.807) is 0 Å². The summed E-state index contributed by atoms with van der Waals surface area (Å²) in [7, 11) is 0. The Balaban J connectivity index is 2.42. The largest absolute Gasteiger partial charge is 0.480 e. The van der Waals surface area contributed by atoms with E-state index >= 15 is 0 Å². The van der Waals surface area contributed by atoms with Crippen molar-refractivity contribution in [2.24, 2.45) is 0 Å². The van der Waals surface area contributed by atoms with E-state index in [9.17, 15) is 9.59 Å². The van der Waals surface area contributed by atoms with Gasteiger partial charge in [-0.15, -0.1) is 0 Å². The second-order valence-electron chi connectivity index (χ2n) is 3.56. The van der Waals surface area contributed by atoms with E-state index in [0.29, 0.717) is 0 Å². The fourth-order valence-corrected chi connectivity index (χ4v) is 1.57. The highest BCUT2D eigenvalue weighted by atomic mass is 16.4. The average Bonchev–Trinajstić information content (AvgIpc) is 2.69. The molecule has 0 spiro atoms. The van der Waals surface area contributed by atoms with E-state index in [-0.39, 0.29) is 25.0 Å². The molecule has 0 aliphatic carbocycles. The van der Waals surface area contributed by atoms with Gasteiger partial charge in [0.15, 0.2) is 0 Å². The molecule has 1 rings (SSSR count). The lowest BCUT2D eigenvalue weighted by Gasteiger charge is -2.16. The monoisotopic (exact) mass is 216 g/mol. The predicted octanol–water partition coefficient (Wildman–Crippen LogP) is -1.31. The second-order valence-corrected chi connectivity index (χ2v) is 3.56. The van der Waals surface area contributed by atoms with Crippen LogP contribution in [0.15, 0.2) is 0 Å². The summed E-state index contributed by atoms with van der Waals surface area (Å²) < 4.78 is 0. The molecule has 1 saturated heterocycles. The molecule has 1 amide bonds. The first-order valence-electron chi connectivity index (χ1n) is 5.02. The molecule has 2 atom stereocenters. The van der Waals surface area contributed by atoms with Crippen molar-refractivity contribution in [3.8, 4) is 0 Å². The van der Waals surface area contributed by atoms with Gasteiger partial charge < -0.3 is 20.8 Å². The summed E-state index contributed by atoms with van der Waals surface area (Å²) in [4.78, 5) is 22.2. The molecule has 1 aliphatic rings. The molecule has 6 nitrogen and oxygen atoms in total.